The number of hydrogen-bond donors (Lipinski definition) is 0. The fraction of sp³-hybridized carbons (Fsp3) is 0.636. The lowest BCUT2D eigenvalue weighted by Crippen LogP contribution is -2.27. The quantitative estimate of drug-likeness (QED) is 0.485. The third kappa shape index (κ3) is 6.05. The van der Waals surface area contributed by atoms with Crippen LogP contribution in [0.3, 0.4) is 0 Å². The Labute approximate surface area is 85.8 Å². The zero-order valence-corrected chi connectivity index (χ0v) is 12.2. The molecule has 0 nitrogen and oxygen atoms in total. The molecule has 0 saturated heterocycles. The van der Waals surface area contributed by atoms with Crippen LogP contribution in [0.15, 0.2) is 23.0 Å². The predicted molar refractivity (Wildman–Crippen MR) is 69.6 cm³/mol. The molecule has 0 aromatic rings. The Bertz CT molecular complexity index is 211. The summed E-state index contributed by atoms with van der Waals surface area (Å²) in [5.41, 5.74) is 2.55. The molecule has 0 amide bonds. The summed E-state index contributed by atoms with van der Waals surface area (Å²) >= 11 is 0. The van der Waals surface area contributed by atoms with Crippen LogP contribution in [-0.2, 0) is 0 Å². The number of rotatable bonds is 3. The molecule has 0 radical (unpaired) electrons. The Morgan fingerprint density at radius 2 is 1.38 bits per heavy atom. The molecule has 0 aromatic heterocycles. The maximum absolute atomic E-state index is 2.55. The van der Waals surface area contributed by atoms with Crippen LogP contribution in [0.2, 0.25) is 39.3 Å². The SMILES string of the molecule is C/C=C/C(=C[Si](C)(C)C)[Si](C)(C)C. The van der Waals surface area contributed by atoms with Crippen LogP contribution in [0.1, 0.15) is 6.92 Å². The van der Waals surface area contributed by atoms with Crippen molar-refractivity contribution in [2.45, 2.75) is 46.2 Å². The predicted octanol–water partition coefficient (Wildman–Crippen LogP) is 4.24. The first-order chi connectivity index (χ1) is 5.67. The minimum Gasteiger partial charge on any atom is -0.0957 e. The van der Waals surface area contributed by atoms with Gasteiger partial charge in [-0.25, -0.2) is 0 Å². The van der Waals surface area contributed by atoms with Crippen molar-refractivity contribution >= 4 is 16.1 Å². The van der Waals surface area contributed by atoms with Crippen molar-refractivity contribution in [2.75, 3.05) is 0 Å². The minimum atomic E-state index is -1.11. The van der Waals surface area contributed by atoms with Crippen LogP contribution in [0.25, 0.3) is 0 Å². The van der Waals surface area contributed by atoms with Gasteiger partial charge in [0, 0.05) is 0 Å². The van der Waals surface area contributed by atoms with E-state index in [2.05, 4.69) is 64.1 Å². The highest BCUT2D eigenvalue weighted by molar-refractivity contribution is 6.88. The molecule has 0 N–H and O–H groups in total. The fourth-order valence-electron chi connectivity index (χ4n) is 1.16. The first-order valence-electron chi connectivity index (χ1n) is 5.03. The monoisotopic (exact) mass is 212 g/mol. The third-order valence-corrected chi connectivity index (χ3v) is 5.31. The molecule has 2 heteroatoms. The van der Waals surface area contributed by atoms with Crippen LogP contribution < -0.4 is 0 Å². The summed E-state index contributed by atoms with van der Waals surface area (Å²) in [6, 6.07) is 0. The van der Waals surface area contributed by atoms with E-state index in [1.807, 2.05) is 0 Å². The zero-order valence-electron chi connectivity index (χ0n) is 10.2. The van der Waals surface area contributed by atoms with E-state index in [0.29, 0.717) is 0 Å². The molecule has 13 heavy (non-hydrogen) atoms. The van der Waals surface area contributed by atoms with Crippen LogP contribution in [-0.4, -0.2) is 16.1 Å². The molecule has 0 aromatic carbocycles. The summed E-state index contributed by atoms with van der Waals surface area (Å²) in [6.07, 6.45) is 4.48. The Hall–Kier alpha value is -0.0862. The summed E-state index contributed by atoms with van der Waals surface area (Å²) in [5, 5.41) is 1.62. The summed E-state index contributed by atoms with van der Waals surface area (Å²) in [7, 11) is -2.15. The van der Waals surface area contributed by atoms with Gasteiger partial charge >= 0.3 is 0 Å². The van der Waals surface area contributed by atoms with Crippen molar-refractivity contribution in [3.8, 4) is 0 Å². The molecule has 0 spiro atoms. The second-order valence-electron chi connectivity index (χ2n) is 5.72. The van der Waals surface area contributed by atoms with E-state index in [4.69, 9.17) is 0 Å². The molecule has 0 bridgehead atoms. The van der Waals surface area contributed by atoms with Crippen LogP contribution in [0.5, 0.6) is 0 Å². The van der Waals surface area contributed by atoms with Gasteiger partial charge in [-0.3, -0.25) is 0 Å². The topological polar surface area (TPSA) is 0 Å². The molecule has 0 fully saturated rings. The number of hydrogen-bond acceptors (Lipinski definition) is 0. The lowest BCUT2D eigenvalue weighted by atomic mass is 10.5. The van der Waals surface area contributed by atoms with E-state index in [0.717, 1.165) is 0 Å². The van der Waals surface area contributed by atoms with Gasteiger partial charge < -0.3 is 0 Å². The Morgan fingerprint density at radius 3 is 1.62 bits per heavy atom. The van der Waals surface area contributed by atoms with E-state index in [1.165, 1.54) is 0 Å². The summed E-state index contributed by atoms with van der Waals surface area (Å²) in [5.74, 6) is 0. The summed E-state index contributed by atoms with van der Waals surface area (Å²) in [4.78, 5) is 0. The molecule has 0 aliphatic rings. The van der Waals surface area contributed by atoms with E-state index in [-0.39, 0.29) is 0 Å². The van der Waals surface area contributed by atoms with Gasteiger partial charge in [0.2, 0.25) is 0 Å². The first kappa shape index (κ1) is 12.9. The lowest BCUT2D eigenvalue weighted by molar-refractivity contribution is 1.60. The van der Waals surface area contributed by atoms with E-state index in [1.54, 1.807) is 5.20 Å². The molecular weight excluding hydrogens is 188 g/mol. The Morgan fingerprint density at radius 1 is 0.923 bits per heavy atom. The molecule has 0 atom stereocenters. The van der Waals surface area contributed by atoms with Crippen LogP contribution in [0.4, 0.5) is 0 Å². The fourth-order valence-corrected chi connectivity index (χ4v) is 5.89. The summed E-state index contributed by atoms with van der Waals surface area (Å²) in [6.45, 7) is 16.6. The molecule has 0 heterocycles. The molecule has 0 aliphatic heterocycles. The van der Waals surface area contributed by atoms with Gasteiger partial charge in [-0.2, -0.15) is 0 Å². The van der Waals surface area contributed by atoms with Gasteiger partial charge in [-0.1, -0.05) is 62.3 Å². The van der Waals surface area contributed by atoms with E-state index < -0.39 is 16.1 Å². The zero-order chi connectivity index (χ0) is 10.7. The molecule has 0 rings (SSSR count). The maximum atomic E-state index is 2.55. The second-order valence-corrected chi connectivity index (χ2v) is 15.8. The Kier molecular flexibility index (Phi) is 4.39. The standard InChI is InChI=1S/C11H24Si2/c1-8-9-11(13(5,6)7)10-12(2,3)4/h8-10H,1-7H3/b9-8+,11-10?. The largest absolute Gasteiger partial charge is 0.0957 e. The van der Waals surface area contributed by atoms with Gasteiger partial charge in [-0.15, -0.1) is 0 Å². The lowest BCUT2D eigenvalue weighted by Gasteiger charge is -2.22. The van der Waals surface area contributed by atoms with Gasteiger partial charge in [0.15, 0.2) is 0 Å². The Balaban J connectivity index is 4.94. The van der Waals surface area contributed by atoms with Crippen molar-refractivity contribution in [2.24, 2.45) is 0 Å². The van der Waals surface area contributed by atoms with Crippen LogP contribution >= 0.6 is 0 Å². The van der Waals surface area contributed by atoms with Crippen LogP contribution in [0, 0.1) is 0 Å². The average Bonchev–Trinajstić information content (AvgIpc) is 1.81. The van der Waals surface area contributed by atoms with Crippen molar-refractivity contribution < 1.29 is 0 Å². The van der Waals surface area contributed by atoms with E-state index in [9.17, 15) is 0 Å². The van der Waals surface area contributed by atoms with Gasteiger partial charge in [0.25, 0.3) is 0 Å². The van der Waals surface area contributed by atoms with Crippen molar-refractivity contribution in [1.29, 1.82) is 0 Å². The summed E-state index contributed by atoms with van der Waals surface area (Å²) < 4.78 is 0. The third-order valence-electron chi connectivity index (χ3n) is 1.80. The first-order valence-corrected chi connectivity index (χ1v) is 12.1. The smallest absolute Gasteiger partial charge is 0.0766 e. The van der Waals surface area contributed by atoms with Crippen molar-refractivity contribution in [3.63, 3.8) is 0 Å². The minimum absolute atomic E-state index is 1.05. The average molecular weight is 212 g/mol. The normalized spacial score (nSPS) is 15.5. The highest BCUT2D eigenvalue weighted by Gasteiger charge is 2.20. The van der Waals surface area contributed by atoms with E-state index >= 15 is 0 Å². The highest BCUT2D eigenvalue weighted by atomic mass is 28.3. The van der Waals surface area contributed by atoms with Crippen molar-refractivity contribution in [3.05, 3.63) is 23.0 Å². The second kappa shape index (κ2) is 4.42. The molecule has 0 aliphatic carbocycles. The molecule has 0 saturated carbocycles. The highest BCUT2D eigenvalue weighted by Crippen LogP contribution is 2.19. The molecule has 0 unspecified atom stereocenters. The van der Waals surface area contributed by atoms with Gasteiger partial charge in [-0.05, 0) is 6.92 Å². The van der Waals surface area contributed by atoms with Crippen molar-refractivity contribution in [1.82, 2.24) is 0 Å². The number of allylic oxidation sites excluding steroid dienone is 3. The molecular formula is C11H24Si2. The molecule has 76 valence electrons. The maximum Gasteiger partial charge on any atom is 0.0766 e. The van der Waals surface area contributed by atoms with Gasteiger partial charge in [0.05, 0.1) is 16.1 Å². The van der Waals surface area contributed by atoms with Gasteiger partial charge in [0.1, 0.15) is 0 Å².